The number of halogens is 1. The second kappa shape index (κ2) is 10.9. The highest BCUT2D eigenvalue weighted by Gasteiger charge is 2.30. The van der Waals surface area contributed by atoms with Gasteiger partial charge in [0.05, 0.1) is 22.2 Å². The monoisotopic (exact) mass is 520 g/mol. The van der Waals surface area contributed by atoms with E-state index in [4.69, 9.17) is 4.74 Å². The Morgan fingerprint density at radius 3 is 2.51 bits per heavy atom. The maximum Gasteiger partial charge on any atom is 0.225 e. The highest BCUT2D eigenvalue weighted by molar-refractivity contribution is 8.03. The second-order valence-electron chi connectivity index (χ2n) is 8.88. The van der Waals surface area contributed by atoms with Crippen LogP contribution in [0.25, 0.3) is 0 Å². The van der Waals surface area contributed by atoms with Crippen molar-refractivity contribution >= 4 is 31.6 Å². The van der Waals surface area contributed by atoms with Crippen LogP contribution in [-0.4, -0.2) is 53.6 Å². The maximum atomic E-state index is 14.3. The number of hydrogen-bond acceptors (Lipinski definition) is 8. The third kappa shape index (κ3) is 6.72. The molecule has 188 valence electrons. The topological polar surface area (TPSA) is 102 Å². The number of aromatic nitrogens is 2. The van der Waals surface area contributed by atoms with Crippen LogP contribution in [0.3, 0.4) is 0 Å². The maximum absolute atomic E-state index is 14.3. The van der Waals surface area contributed by atoms with Crippen LogP contribution in [0.5, 0.6) is 5.75 Å². The highest BCUT2D eigenvalue weighted by atomic mass is 32.2. The van der Waals surface area contributed by atoms with Crippen LogP contribution < -0.4 is 9.64 Å². The fourth-order valence-electron chi connectivity index (χ4n) is 4.18. The van der Waals surface area contributed by atoms with Gasteiger partial charge < -0.3 is 9.64 Å². The van der Waals surface area contributed by atoms with Gasteiger partial charge in [-0.05, 0) is 42.5 Å². The number of ether oxygens (including phenoxy) is 1. The number of nitrogens with zero attached hydrogens (tertiary/aromatic N) is 4. The number of aliphatic imine (C=N–C) groups is 1. The molecule has 0 radical (unpaired) electrons. The molecule has 4 rings (SSSR count). The van der Waals surface area contributed by atoms with E-state index in [1.165, 1.54) is 12.1 Å². The van der Waals surface area contributed by atoms with E-state index in [-0.39, 0.29) is 24.0 Å². The summed E-state index contributed by atoms with van der Waals surface area (Å²) in [6.07, 6.45) is 8.47. The van der Waals surface area contributed by atoms with Gasteiger partial charge in [-0.2, -0.15) is 0 Å². The van der Waals surface area contributed by atoms with E-state index < -0.39 is 26.5 Å². The first kappa shape index (κ1) is 25.4. The molecule has 0 amide bonds. The van der Waals surface area contributed by atoms with Crippen molar-refractivity contribution in [3.05, 3.63) is 58.6 Å². The SMILES string of the molecule is CCCc1cnc(N2CCC(C3=NC(COc4ccc(CS(C)(=O)=O)cc4F)=CS3=O)CC2)nc1. The van der Waals surface area contributed by atoms with Gasteiger partial charge in [0, 0.05) is 43.1 Å². The molecule has 1 aromatic heterocycles. The van der Waals surface area contributed by atoms with E-state index in [1.54, 1.807) is 5.41 Å². The number of sulfone groups is 1. The molecule has 0 spiro atoms. The Bertz CT molecular complexity index is 1250. The molecule has 0 aliphatic carbocycles. The van der Waals surface area contributed by atoms with Crippen molar-refractivity contribution in [2.75, 3.05) is 30.9 Å². The molecule has 35 heavy (non-hydrogen) atoms. The normalized spacial score (nSPS) is 18.9. The first-order valence-corrected chi connectivity index (χ1v) is 14.8. The van der Waals surface area contributed by atoms with Gasteiger partial charge in [-0.15, -0.1) is 0 Å². The molecule has 0 N–H and O–H groups in total. The van der Waals surface area contributed by atoms with E-state index in [9.17, 15) is 17.0 Å². The third-order valence-corrected chi connectivity index (χ3v) is 8.04. The standard InChI is InChI=1S/C24H29FN4O4S2/c1-3-4-18-12-26-24(27-13-18)29-9-7-19(8-10-29)23-28-20(15-34(23)30)14-33-22-6-5-17(11-21(22)25)16-35(2,31)32/h5-6,11-13,15,19H,3-4,7-10,14,16H2,1-2H3. The Kier molecular flexibility index (Phi) is 7.95. The molecule has 2 aromatic rings. The Balaban J connectivity index is 1.31. The molecule has 2 aliphatic heterocycles. The molecule has 1 atom stereocenters. The number of piperidine rings is 1. The molecule has 1 aromatic carbocycles. The first-order valence-electron chi connectivity index (χ1n) is 11.6. The highest BCUT2D eigenvalue weighted by Crippen LogP contribution is 2.28. The number of benzene rings is 1. The van der Waals surface area contributed by atoms with Crippen LogP contribution >= 0.6 is 0 Å². The Morgan fingerprint density at radius 1 is 1.17 bits per heavy atom. The minimum absolute atomic E-state index is 0.00385. The Morgan fingerprint density at radius 2 is 1.89 bits per heavy atom. The van der Waals surface area contributed by atoms with Crippen LogP contribution in [0.15, 0.2) is 46.7 Å². The van der Waals surface area contributed by atoms with Crippen molar-refractivity contribution in [3.8, 4) is 5.75 Å². The summed E-state index contributed by atoms with van der Waals surface area (Å²) in [5.74, 6) is -0.0816. The molecule has 1 saturated heterocycles. The average Bonchev–Trinajstić information content (AvgIpc) is 3.19. The summed E-state index contributed by atoms with van der Waals surface area (Å²) in [4.78, 5) is 15.7. The molecule has 2 aliphatic rings. The fraction of sp³-hybridized carbons (Fsp3) is 0.458. The van der Waals surface area contributed by atoms with Crippen LogP contribution in [0.2, 0.25) is 0 Å². The van der Waals surface area contributed by atoms with Crippen LogP contribution in [0, 0.1) is 11.7 Å². The van der Waals surface area contributed by atoms with Gasteiger partial charge in [0.1, 0.15) is 11.7 Å². The van der Waals surface area contributed by atoms with Gasteiger partial charge >= 0.3 is 0 Å². The van der Waals surface area contributed by atoms with Gasteiger partial charge in [-0.25, -0.2) is 32.0 Å². The van der Waals surface area contributed by atoms with Crippen LogP contribution in [-0.2, 0) is 32.8 Å². The lowest BCUT2D eigenvalue weighted by molar-refractivity contribution is 0.331. The van der Waals surface area contributed by atoms with E-state index in [0.29, 0.717) is 16.3 Å². The van der Waals surface area contributed by atoms with Gasteiger partial charge in [0.25, 0.3) is 0 Å². The minimum atomic E-state index is -3.26. The zero-order valence-electron chi connectivity index (χ0n) is 19.8. The molecule has 1 unspecified atom stereocenters. The summed E-state index contributed by atoms with van der Waals surface area (Å²) in [6, 6.07) is 4.07. The van der Waals surface area contributed by atoms with Gasteiger partial charge in [-0.3, -0.25) is 0 Å². The first-order chi connectivity index (χ1) is 16.7. The molecule has 0 saturated carbocycles. The lowest BCUT2D eigenvalue weighted by Gasteiger charge is -2.31. The molecule has 3 heterocycles. The molecule has 8 nitrogen and oxygen atoms in total. The van der Waals surface area contributed by atoms with Crippen molar-refractivity contribution in [1.82, 2.24) is 9.97 Å². The van der Waals surface area contributed by atoms with Crippen LogP contribution in [0.4, 0.5) is 10.3 Å². The van der Waals surface area contributed by atoms with E-state index >= 15 is 0 Å². The predicted octanol–water partition coefficient (Wildman–Crippen LogP) is 3.41. The van der Waals surface area contributed by atoms with Crippen molar-refractivity contribution in [1.29, 1.82) is 0 Å². The summed E-state index contributed by atoms with van der Waals surface area (Å²) >= 11 is 0. The van der Waals surface area contributed by atoms with Gasteiger partial charge in [-0.1, -0.05) is 19.4 Å². The lowest BCUT2D eigenvalue weighted by atomic mass is 9.98. The van der Waals surface area contributed by atoms with Crippen molar-refractivity contribution in [2.24, 2.45) is 10.9 Å². The lowest BCUT2D eigenvalue weighted by Crippen LogP contribution is -2.37. The smallest absolute Gasteiger partial charge is 0.225 e. The van der Waals surface area contributed by atoms with E-state index in [2.05, 4.69) is 26.8 Å². The number of aryl methyl sites for hydroxylation is 1. The number of hydrogen-bond donors (Lipinski definition) is 0. The Hall–Kier alpha value is -2.66. The predicted molar refractivity (Wildman–Crippen MR) is 135 cm³/mol. The summed E-state index contributed by atoms with van der Waals surface area (Å²) < 4.78 is 55.3. The number of anilines is 1. The van der Waals surface area contributed by atoms with Crippen molar-refractivity contribution in [2.45, 2.75) is 38.4 Å². The third-order valence-electron chi connectivity index (χ3n) is 5.86. The van der Waals surface area contributed by atoms with Crippen LogP contribution in [0.1, 0.15) is 37.3 Å². The molecular formula is C24H29FN4O4S2. The fourth-order valence-corrected chi connectivity index (χ4v) is 6.22. The summed E-state index contributed by atoms with van der Waals surface area (Å²) in [7, 11) is -4.59. The second-order valence-corrected chi connectivity index (χ2v) is 12.3. The zero-order chi connectivity index (χ0) is 25.0. The van der Waals surface area contributed by atoms with Crippen molar-refractivity contribution in [3.63, 3.8) is 0 Å². The largest absolute Gasteiger partial charge is 0.484 e. The summed E-state index contributed by atoms with van der Waals surface area (Å²) in [5, 5.41) is 2.18. The molecule has 0 bridgehead atoms. The van der Waals surface area contributed by atoms with E-state index in [0.717, 1.165) is 62.6 Å². The van der Waals surface area contributed by atoms with E-state index in [1.807, 2.05) is 12.4 Å². The number of rotatable bonds is 9. The molecule has 1 fully saturated rings. The average molecular weight is 521 g/mol. The Labute approximate surface area is 207 Å². The molecule has 11 heteroatoms. The van der Waals surface area contributed by atoms with Crippen molar-refractivity contribution < 1.29 is 21.8 Å². The van der Waals surface area contributed by atoms with Gasteiger partial charge in [0.2, 0.25) is 5.95 Å². The summed E-state index contributed by atoms with van der Waals surface area (Å²) in [6.45, 7) is 3.62. The summed E-state index contributed by atoms with van der Waals surface area (Å²) in [5.41, 5.74) is 1.98. The van der Waals surface area contributed by atoms with Gasteiger partial charge in [0.15, 0.2) is 21.4 Å². The minimum Gasteiger partial charge on any atom is -0.484 e. The quantitative estimate of drug-likeness (QED) is 0.499. The molecular weight excluding hydrogens is 491 g/mol. The zero-order valence-corrected chi connectivity index (χ0v) is 21.4.